The van der Waals surface area contributed by atoms with E-state index in [1.165, 1.54) is 0 Å². The highest BCUT2D eigenvalue weighted by Crippen LogP contribution is 2.25. The molecule has 0 heterocycles. The molecule has 110 valence electrons. The van der Waals surface area contributed by atoms with Gasteiger partial charge in [0.1, 0.15) is 5.75 Å². The van der Waals surface area contributed by atoms with Crippen LogP contribution < -0.4 is 15.4 Å². The molecule has 0 radical (unpaired) electrons. The minimum Gasteiger partial charge on any atom is -0.496 e. The van der Waals surface area contributed by atoms with Gasteiger partial charge in [0.2, 0.25) is 0 Å². The van der Waals surface area contributed by atoms with E-state index < -0.39 is 0 Å². The molecule has 2 aromatic carbocycles. The number of methoxy groups -OCH3 is 1. The van der Waals surface area contributed by atoms with Gasteiger partial charge >= 0.3 is 0 Å². The Kier molecular flexibility index (Phi) is 5.67. The third kappa shape index (κ3) is 4.49. The van der Waals surface area contributed by atoms with Crippen molar-refractivity contribution in [1.29, 1.82) is 0 Å². The number of para-hydroxylation sites is 1. The predicted octanol–water partition coefficient (Wildman–Crippen LogP) is 4.49. The van der Waals surface area contributed by atoms with Crippen LogP contribution >= 0.6 is 35.4 Å². The van der Waals surface area contributed by atoms with Crippen LogP contribution in [0.1, 0.15) is 5.56 Å². The van der Waals surface area contributed by atoms with Crippen LogP contribution in [0.25, 0.3) is 0 Å². The van der Waals surface area contributed by atoms with Crippen molar-refractivity contribution in [3.63, 3.8) is 0 Å². The Morgan fingerprint density at radius 3 is 2.62 bits per heavy atom. The fraction of sp³-hybridized carbons (Fsp3) is 0.133. The predicted molar refractivity (Wildman–Crippen MR) is 92.5 cm³/mol. The summed E-state index contributed by atoms with van der Waals surface area (Å²) in [5.74, 6) is 0.822. The van der Waals surface area contributed by atoms with E-state index in [-0.39, 0.29) is 0 Å². The lowest BCUT2D eigenvalue weighted by Crippen LogP contribution is -2.28. The molecule has 0 bridgehead atoms. The lowest BCUT2D eigenvalue weighted by Gasteiger charge is -2.13. The van der Waals surface area contributed by atoms with E-state index in [0.29, 0.717) is 21.7 Å². The molecule has 0 spiro atoms. The summed E-state index contributed by atoms with van der Waals surface area (Å²) in [4.78, 5) is 0. The highest BCUT2D eigenvalue weighted by atomic mass is 35.5. The first-order chi connectivity index (χ1) is 10.1. The maximum atomic E-state index is 5.96. The van der Waals surface area contributed by atoms with E-state index in [1.54, 1.807) is 19.2 Å². The second-order valence-corrected chi connectivity index (χ2v) is 5.47. The molecule has 2 rings (SSSR count). The molecule has 0 aromatic heterocycles. The van der Waals surface area contributed by atoms with Crippen LogP contribution in [-0.4, -0.2) is 12.2 Å². The van der Waals surface area contributed by atoms with Gasteiger partial charge in [-0.3, -0.25) is 0 Å². The number of ether oxygens (including phenoxy) is 1. The molecule has 2 aromatic rings. The second kappa shape index (κ2) is 7.50. The standard InChI is InChI=1S/C15H14Cl2N2OS/c1-20-14-5-3-2-4-10(14)9-18-15(21)19-11-6-7-12(16)13(17)8-11/h2-8H,9H2,1H3,(H2,18,19,21). The van der Waals surface area contributed by atoms with E-state index in [9.17, 15) is 0 Å². The van der Waals surface area contributed by atoms with Crippen LogP contribution in [-0.2, 0) is 6.54 Å². The quantitative estimate of drug-likeness (QED) is 0.803. The van der Waals surface area contributed by atoms with Gasteiger partial charge in [-0.2, -0.15) is 0 Å². The third-order valence-electron chi connectivity index (χ3n) is 2.81. The number of hydrogen-bond donors (Lipinski definition) is 2. The topological polar surface area (TPSA) is 33.3 Å². The number of benzene rings is 2. The maximum Gasteiger partial charge on any atom is 0.171 e. The summed E-state index contributed by atoms with van der Waals surface area (Å²) < 4.78 is 5.29. The van der Waals surface area contributed by atoms with Gasteiger partial charge in [-0.25, -0.2) is 0 Å². The molecule has 0 atom stereocenters. The fourth-order valence-corrected chi connectivity index (χ4v) is 2.26. The van der Waals surface area contributed by atoms with Gasteiger partial charge in [0.15, 0.2) is 5.11 Å². The summed E-state index contributed by atoms with van der Waals surface area (Å²) in [6.45, 7) is 0.567. The van der Waals surface area contributed by atoms with E-state index in [1.807, 2.05) is 30.3 Å². The lowest BCUT2D eigenvalue weighted by molar-refractivity contribution is 0.409. The van der Waals surface area contributed by atoms with Crippen molar-refractivity contribution in [1.82, 2.24) is 5.32 Å². The molecule has 0 aliphatic carbocycles. The minimum absolute atomic E-state index is 0.481. The number of rotatable bonds is 4. The molecule has 0 fully saturated rings. The Bertz CT molecular complexity index is 649. The molecule has 0 saturated carbocycles. The monoisotopic (exact) mass is 340 g/mol. The van der Waals surface area contributed by atoms with Gasteiger partial charge in [0, 0.05) is 17.8 Å². The van der Waals surface area contributed by atoms with Crippen LogP contribution in [0.15, 0.2) is 42.5 Å². The maximum absolute atomic E-state index is 5.96. The Morgan fingerprint density at radius 1 is 1.14 bits per heavy atom. The van der Waals surface area contributed by atoms with E-state index in [4.69, 9.17) is 40.2 Å². The molecule has 0 saturated heterocycles. The summed E-state index contributed by atoms with van der Waals surface area (Å²) in [5.41, 5.74) is 1.81. The van der Waals surface area contributed by atoms with Gasteiger partial charge in [0.25, 0.3) is 0 Å². The van der Waals surface area contributed by atoms with Gasteiger partial charge in [-0.1, -0.05) is 41.4 Å². The first-order valence-electron chi connectivity index (χ1n) is 6.22. The van der Waals surface area contributed by atoms with Gasteiger partial charge in [-0.15, -0.1) is 0 Å². The molecular formula is C15H14Cl2N2OS. The number of nitrogens with one attached hydrogen (secondary N) is 2. The van der Waals surface area contributed by atoms with E-state index in [2.05, 4.69) is 10.6 Å². The van der Waals surface area contributed by atoms with Gasteiger partial charge in [-0.05, 0) is 36.5 Å². The second-order valence-electron chi connectivity index (χ2n) is 4.25. The Hall–Kier alpha value is -1.49. The third-order valence-corrected chi connectivity index (χ3v) is 3.79. The smallest absolute Gasteiger partial charge is 0.171 e. The van der Waals surface area contributed by atoms with Crippen LogP contribution in [0.2, 0.25) is 10.0 Å². The number of thiocarbonyl (C=S) groups is 1. The van der Waals surface area contributed by atoms with Crippen molar-refractivity contribution in [2.75, 3.05) is 12.4 Å². The fourth-order valence-electron chi connectivity index (χ4n) is 1.77. The van der Waals surface area contributed by atoms with Crippen molar-refractivity contribution in [3.05, 3.63) is 58.1 Å². The summed E-state index contributed by atoms with van der Waals surface area (Å²) in [6.07, 6.45) is 0. The van der Waals surface area contributed by atoms with Crippen molar-refractivity contribution >= 4 is 46.2 Å². The van der Waals surface area contributed by atoms with E-state index >= 15 is 0 Å². The van der Waals surface area contributed by atoms with Crippen LogP contribution in [0.4, 0.5) is 5.69 Å². The van der Waals surface area contributed by atoms with Crippen molar-refractivity contribution in [2.24, 2.45) is 0 Å². The molecule has 21 heavy (non-hydrogen) atoms. The molecule has 0 unspecified atom stereocenters. The van der Waals surface area contributed by atoms with Crippen LogP contribution in [0.3, 0.4) is 0 Å². The largest absolute Gasteiger partial charge is 0.496 e. The minimum atomic E-state index is 0.481. The van der Waals surface area contributed by atoms with Gasteiger partial charge < -0.3 is 15.4 Å². The van der Waals surface area contributed by atoms with Crippen molar-refractivity contribution in [3.8, 4) is 5.75 Å². The molecule has 0 amide bonds. The first-order valence-corrected chi connectivity index (χ1v) is 7.38. The zero-order valence-electron chi connectivity index (χ0n) is 11.3. The summed E-state index contributed by atoms with van der Waals surface area (Å²) in [6, 6.07) is 13.0. The molecule has 3 nitrogen and oxygen atoms in total. The number of anilines is 1. The average Bonchev–Trinajstić information content (AvgIpc) is 2.49. The SMILES string of the molecule is COc1ccccc1CNC(=S)Nc1ccc(Cl)c(Cl)c1. The van der Waals surface area contributed by atoms with Crippen molar-refractivity contribution in [2.45, 2.75) is 6.54 Å². The zero-order chi connectivity index (χ0) is 15.2. The summed E-state index contributed by atoms with van der Waals surface area (Å²) in [5, 5.41) is 7.66. The summed E-state index contributed by atoms with van der Waals surface area (Å²) in [7, 11) is 1.64. The molecule has 0 aliphatic heterocycles. The van der Waals surface area contributed by atoms with Crippen LogP contribution in [0, 0.1) is 0 Å². The Balaban J connectivity index is 1.94. The average molecular weight is 341 g/mol. The highest BCUT2D eigenvalue weighted by molar-refractivity contribution is 7.80. The number of halogens is 2. The summed E-state index contributed by atoms with van der Waals surface area (Å²) >= 11 is 17.1. The van der Waals surface area contributed by atoms with Gasteiger partial charge in [0.05, 0.1) is 17.2 Å². The molecule has 2 N–H and O–H groups in total. The van der Waals surface area contributed by atoms with Crippen molar-refractivity contribution < 1.29 is 4.74 Å². The molecular weight excluding hydrogens is 327 g/mol. The lowest BCUT2D eigenvalue weighted by atomic mass is 10.2. The Labute approximate surface area is 139 Å². The number of hydrogen-bond acceptors (Lipinski definition) is 2. The normalized spacial score (nSPS) is 10.0. The zero-order valence-corrected chi connectivity index (χ0v) is 13.6. The molecule has 0 aliphatic rings. The molecule has 6 heteroatoms. The van der Waals surface area contributed by atoms with Crippen LogP contribution in [0.5, 0.6) is 5.75 Å². The Morgan fingerprint density at radius 2 is 1.90 bits per heavy atom. The first kappa shape index (κ1) is 15.9. The highest BCUT2D eigenvalue weighted by Gasteiger charge is 2.04. The van der Waals surface area contributed by atoms with E-state index in [0.717, 1.165) is 17.0 Å².